The number of nitrogens with two attached hydrogens (primary N) is 1. The SMILES string of the molecule is CCc1cc(C(N)=O)n(Br)n1. The average molecular weight is 218 g/mol. The number of aryl methyl sites for hydroxylation is 1. The van der Waals surface area contributed by atoms with E-state index in [1.807, 2.05) is 6.92 Å². The van der Waals surface area contributed by atoms with Crippen molar-refractivity contribution >= 4 is 22.1 Å². The largest absolute Gasteiger partial charge is 0.364 e. The number of amides is 1. The molecule has 0 aliphatic carbocycles. The normalized spacial score (nSPS) is 10.0. The molecule has 0 saturated carbocycles. The lowest BCUT2D eigenvalue weighted by Gasteiger charge is -1.89. The molecule has 0 aromatic carbocycles. The van der Waals surface area contributed by atoms with Crippen LogP contribution in [0.15, 0.2) is 6.07 Å². The van der Waals surface area contributed by atoms with Gasteiger partial charge in [-0.1, -0.05) is 6.92 Å². The second-order valence-electron chi connectivity index (χ2n) is 2.10. The van der Waals surface area contributed by atoms with E-state index in [1.165, 1.54) is 3.71 Å². The molecule has 2 N–H and O–H groups in total. The van der Waals surface area contributed by atoms with Crippen LogP contribution in [0.2, 0.25) is 0 Å². The first-order chi connectivity index (χ1) is 5.15. The highest BCUT2D eigenvalue weighted by molar-refractivity contribution is 9.08. The van der Waals surface area contributed by atoms with Gasteiger partial charge in [-0.3, -0.25) is 4.79 Å². The molecule has 1 heterocycles. The Labute approximate surface area is 72.7 Å². The fourth-order valence-corrected chi connectivity index (χ4v) is 1.22. The Hall–Kier alpha value is -0.840. The number of hydrogen-bond donors (Lipinski definition) is 1. The summed E-state index contributed by atoms with van der Waals surface area (Å²) in [5, 5.41) is 3.98. The Morgan fingerprint density at radius 3 is 2.82 bits per heavy atom. The monoisotopic (exact) mass is 217 g/mol. The summed E-state index contributed by atoms with van der Waals surface area (Å²) < 4.78 is 1.31. The molecule has 0 fully saturated rings. The van der Waals surface area contributed by atoms with Gasteiger partial charge < -0.3 is 5.73 Å². The molecule has 0 radical (unpaired) electrons. The number of primary amides is 1. The van der Waals surface area contributed by atoms with Crippen LogP contribution in [0.5, 0.6) is 0 Å². The van der Waals surface area contributed by atoms with Crippen LogP contribution in [0, 0.1) is 0 Å². The van der Waals surface area contributed by atoms with Gasteiger partial charge in [-0.25, -0.2) is 0 Å². The molecule has 1 aromatic rings. The van der Waals surface area contributed by atoms with Gasteiger partial charge in [0.2, 0.25) is 0 Å². The lowest BCUT2D eigenvalue weighted by molar-refractivity contribution is 0.0994. The van der Waals surface area contributed by atoms with Crippen LogP contribution < -0.4 is 5.73 Å². The minimum atomic E-state index is -0.478. The molecule has 60 valence electrons. The third-order valence-electron chi connectivity index (χ3n) is 1.33. The molecule has 1 aromatic heterocycles. The number of rotatable bonds is 2. The number of carbonyl (C=O) groups is 1. The van der Waals surface area contributed by atoms with Crippen LogP contribution in [-0.2, 0) is 6.42 Å². The van der Waals surface area contributed by atoms with Crippen molar-refractivity contribution in [3.05, 3.63) is 17.5 Å². The van der Waals surface area contributed by atoms with E-state index < -0.39 is 5.91 Å². The lowest BCUT2D eigenvalue weighted by atomic mass is 10.3. The maximum absolute atomic E-state index is 10.7. The summed E-state index contributed by atoms with van der Waals surface area (Å²) in [6.07, 6.45) is 0.791. The zero-order valence-corrected chi connectivity index (χ0v) is 7.63. The molecule has 5 heteroatoms. The number of nitrogens with zero attached hydrogens (tertiary/aromatic N) is 2. The highest BCUT2D eigenvalue weighted by Gasteiger charge is 2.08. The number of hydrogen-bond acceptors (Lipinski definition) is 2. The van der Waals surface area contributed by atoms with Crippen molar-refractivity contribution in [2.24, 2.45) is 5.73 Å². The van der Waals surface area contributed by atoms with Crippen molar-refractivity contribution in [1.82, 2.24) is 8.81 Å². The maximum Gasteiger partial charge on any atom is 0.268 e. The Morgan fingerprint density at radius 1 is 1.91 bits per heavy atom. The summed E-state index contributed by atoms with van der Waals surface area (Å²) in [6.45, 7) is 1.96. The molecular formula is C6H8BrN3O. The van der Waals surface area contributed by atoms with Gasteiger partial charge in [0.25, 0.3) is 5.91 Å². The van der Waals surface area contributed by atoms with Gasteiger partial charge in [-0.05, 0) is 12.5 Å². The third-order valence-corrected chi connectivity index (χ3v) is 1.87. The van der Waals surface area contributed by atoms with Gasteiger partial charge in [0.05, 0.1) is 21.8 Å². The van der Waals surface area contributed by atoms with E-state index in [0.717, 1.165) is 12.1 Å². The molecule has 11 heavy (non-hydrogen) atoms. The summed E-state index contributed by atoms with van der Waals surface area (Å²) in [7, 11) is 0. The predicted octanol–water partition coefficient (Wildman–Crippen LogP) is 0.702. The van der Waals surface area contributed by atoms with Crippen molar-refractivity contribution in [2.75, 3.05) is 0 Å². The summed E-state index contributed by atoms with van der Waals surface area (Å²) >= 11 is 3.06. The van der Waals surface area contributed by atoms with Crippen molar-refractivity contribution in [3.8, 4) is 0 Å². The predicted molar refractivity (Wildman–Crippen MR) is 44.4 cm³/mol. The lowest BCUT2D eigenvalue weighted by Crippen LogP contribution is -2.13. The van der Waals surface area contributed by atoms with E-state index in [9.17, 15) is 4.79 Å². The quantitative estimate of drug-likeness (QED) is 0.794. The highest BCUT2D eigenvalue weighted by atomic mass is 79.9. The zero-order chi connectivity index (χ0) is 8.43. The molecule has 0 bridgehead atoms. The molecule has 1 amide bonds. The molecule has 1 rings (SSSR count). The van der Waals surface area contributed by atoms with Gasteiger partial charge in [0, 0.05) is 0 Å². The van der Waals surface area contributed by atoms with Gasteiger partial charge in [-0.15, -0.1) is 0 Å². The maximum atomic E-state index is 10.7. The van der Waals surface area contributed by atoms with Crippen LogP contribution in [0.1, 0.15) is 23.1 Å². The minimum absolute atomic E-state index is 0.377. The molecular weight excluding hydrogens is 210 g/mol. The number of aromatic nitrogens is 2. The minimum Gasteiger partial charge on any atom is -0.364 e. The highest BCUT2D eigenvalue weighted by Crippen LogP contribution is 2.06. The Balaban J connectivity index is 3.07. The van der Waals surface area contributed by atoms with Gasteiger partial charge in [-0.2, -0.15) is 8.81 Å². The second kappa shape index (κ2) is 3.04. The fourth-order valence-electron chi connectivity index (χ4n) is 0.741. The first-order valence-corrected chi connectivity index (χ1v) is 3.91. The van der Waals surface area contributed by atoms with Crippen LogP contribution in [0.4, 0.5) is 0 Å². The van der Waals surface area contributed by atoms with E-state index in [0.29, 0.717) is 5.69 Å². The van der Waals surface area contributed by atoms with Gasteiger partial charge in [0.1, 0.15) is 5.69 Å². The van der Waals surface area contributed by atoms with Crippen LogP contribution >= 0.6 is 16.1 Å². The van der Waals surface area contributed by atoms with Crippen molar-refractivity contribution < 1.29 is 4.79 Å². The van der Waals surface area contributed by atoms with Gasteiger partial charge in [0.15, 0.2) is 0 Å². The second-order valence-corrected chi connectivity index (χ2v) is 2.77. The molecule has 0 aliphatic rings. The molecule has 0 atom stereocenters. The molecule has 0 aliphatic heterocycles. The Kier molecular flexibility index (Phi) is 2.28. The summed E-state index contributed by atoms with van der Waals surface area (Å²) in [5.74, 6) is -0.478. The van der Waals surface area contributed by atoms with Gasteiger partial charge >= 0.3 is 0 Å². The van der Waals surface area contributed by atoms with Crippen LogP contribution in [0.3, 0.4) is 0 Å². The first kappa shape index (κ1) is 8.26. The standard InChI is InChI=1S/C6H8BrN3O/c1-2-4-3-5(6(8)11)10(7)9-4/h3H,2H2,1H3,(H2,8,11). The molecule has 0 spiro atoms. The Morgan fingerprint density at radius 2 is 2.55 bits per heavy atom. The Bertz CT molecular complexity index is 281. The van der Waals surface area contributed by atoms with E-state index >= 15 is 0 Å². The van der Waals surface area contributed by atoms with E-state index in [-0.39, 0.29) is 0 Å². The van der Waals surface area contributed by atoms with Crippen LogP contribution in [0.25, 0.3) is 0 Å². The number of carbonyl (C=O) groups excluding carboxylic acids is 1. The summed E-state index contributed by atoms with van der Waals surface area (Å²) in [5.41, 5.74) is 6.27. The zero-order valence-electron chi connectivity index (χ0n) is 6.04. The van der Waals surface area contributed by atoms with Crippen LogP contribution in [-0.4, -0.2) is 14.7 Å². The topological polar surface area (TPSA) is 60.9 Å². The van der Waals surface area contributed by atoms with E-state index in [4.69, 9.17) is 5.73 Å². The summed E-state index contributed by atoms with van der Waals surface area (Å²) in [6, 6.07) is 1.66. The van der Waals surface area contributed by atoms with E-state index in [2.05, 4.69) is 21.2 Å². The smallest absolute Gasteiger partial charge is 0.268 e. The molecule has 0 unspecified atom stereocenters. The first-order valence-electron chi connectivity index (χ1n) is 3.20. The summed E-state index contributed by atoms with van der Waals surface area (Å²) in [4.78, 5) is 10.7. The van der Waals surface area contributed by atoms with Crippen molar-refractivity contribution in [3.63, 3.8) is 0 Å². The van der Waals surface area contributed by atoms with Crippen molar-refractivity contribution in [2.45, 2.75) is 13.3 Å². The fraction of sp³-hybridized carbons (Fsp3) is 0.333. The number of halogens is 1. The third kappa shape index (κ3) is 1.59. The average Bonchev–Trinajstić information content (AvgIpc) is 2.30. The van der Waals surface area contributed by atoms with Crippen molar-refractivity contribution in [1.29, 1.82) is 0 Å². The molecule has 4 nitrogen and oxygen atoms in total. The van der Waals surface area contributed by atoms with E-state index in [1.54, 1.807) is 6.07 Å². The molecule has 0 saturated heterocycles.